The number of aromatic nitrogens is 1. The molecule has 0 unspecified atom stereocenters. The summed E-state index contributed by atoms with van der Waals surface area (Å²) in [6.45, 7) is 0. The fraction of sp³-hybridized carbons (Fsp3) is 0.143. The molecule has 0 aromatic carbocycles. The molecule has 0 N–H and O–H groups in total. The van der Waals surface area contributed by atoms with E-state index >= 15 is 0 Å². The Morgan fingerprint density at radius 2 is 2.14 bits per heavy atom. The van der Waals surface area contributed by atoms with E-state index in [2.05, 4.69) is 4.98 Å². The van der Waals surface area contributed by atoms with Crippen molar-refractivity contribution in [2.75, 3.05) is 0 Å². The minimum atomic E-state index is -2.82. The number of carbonyl (C=O) groups excluding carboxylic acids is 1. The van der Waals surface area contributed by atoms with Crippen molar-refractivity contribution in [2.45, 2.75) is 6.43 Å². The molecule has 0 amide bonds. The first-order valence-electron chi connectivity index (χ1n) is 3.27. The van der Waals surface area contributed by atoms with Gasteiger partial charge in [-0.2, -0.15) is 0 Å². The molecule has 14 heavy (non-hydrogen) atoms. The number of hydrogen-bond donors (Lipinski definition) is 0. The molecule has 1 rings (SSSR count). The first-order chi connectivity index (χ1) is 6.43. The molecule has 0 radical (unpaired) electrons. The summed E-state index contributed by atoms with van der Waals surface area (Å²) >= 11 is 12.4. The number of pyridine rings is 1. The van der Waals surface area contributed by atoms with Crippen LogP contribution in [0.3, 0.4) is 0 Å². The smallest absolute Gasteiger partial charge is 0.271 e. The third-order valence-corrected chi connectivity index (χ3v) is 2.99. The summed E-state index contributed by atoms with van der Waals surface area (Å²) < 4.78 is 25.0. The molecule has 0 aliphatic heterocycles. The van der Waals surface area contributed by atoms with Crippen LogP contribution in [0.1, 0.15) is 22.5 Å². The van der Waals surface area contributed by atoms with Gasteiger partial charge in [-0.15, -0.1) is 0 Å². The number of alkyl halides is 2. The van der Waals surface area contributed by atoms with Crippen LogP contribution in [-0.2, 0) is 0 Å². The van der Waals surface area contributed by atoms with Crippen molar-refractivity contribution in [1.29, 1.82) is 0 Å². The summed E-state index contributed by atoms with van der Waals surface area (Å²) in [6.07, 6.45) is -2.82. The second-order valence-corrected chi connectivity index (χ2v) is 4.05. The van der Waals surface area contributed by atoms with E-state index in [4.69, 9.17) is 23.2 Å². The Kier molecular flexibility index (Phi) is 4.03. The molecule has 1 heterocycles. The minimum Gasteiger partial charge on any atom is -0.274 e. The molecule has 0 spiro atoms. The molecule has 0 bridgehead atoms. The maximum atomic E-state index is 12.4. The summed E-state index contributed by atoms with van der Waals surface area (Å²) in [7, 11) is 0. The Morgan fingerprint density at radius 1 is 1.57 bits per heavy atom. The number of rotatable bonds is 2. The first-order valence-corrected chi connectivity index (χ1v) is 5.11. The van der Waals surface area contributed by atoms with Gasteiger partial charge in [-0.25, -0.2) is 13.8 Å². The van der Waals surface area contributed by atoms with Crippen LogP contribution in [0.4, 0.5) is 8.78 Å². The van der Waals surface area contributed by atoms with E-state index in [0.717, 1.165) is 6.07 Å². The molecule has 7 heteroatoms. The minimum absolute atomic E-state index is 0.0718. The normalized spacial score (nSPS) is 10.7. The first kappa shape index (κ1) is 12.1. The van der Waals surface area contributed by atoms with Crippen LogP contribution in [0, 0.1) is 3.70 Å². The zero-order chi connectivity index (χ0) is 10.9. The Balaban J connectivity index is 3.39. The van der Waals surface area contributed by atoms with Crippen molar-refractivity contribution >= 4 is 51.0 Å². The zero-order valence-corrected chi connectivity index (χ0v) is 10.1. The van der Waals surface area contributed by atoms with Crippen LogP contribution in [0.25, 0.3) is 0 Å². The van der Waals surface area contributed by atoms with Gasteiger partial charge in [-0.05, 0) is 40.3 Å². The molecule has 2 nitrogen and oxygen atoms in total. The van der Waals surface area contributed by atoms with Crippen LogP contribution >= 0.6 is 45.8 Å². The van der Waals surface area contributed by atoms with E-state index in [9.17, 15) is 13.6 Å². The molecule has 0 aliphatic carbocycles. The fourth-order valence-electron chi connectivity index (χ4n) is 0.804. The van der Waals surface area contributed by atoms with E-state index in [1.165, 1.54) is 0 Å². The summed E-state index contributed by atoms with van der Waals surface area (Å²) in [5.41, 5.74) is -0.995. The van der Waals surface area contributed by atoms with Crippen LogP contribution in [0.15, 0.2) is 6.07 Å². The van der Waals surface area contributed by atoms with E-state index < -0.39 is 22.9 Å². The Bertz CT molecular complexity index is 386. The van der Waals surface area contributed by atoms with Crippen LogP contribution < -0.4 is 0 Å². The Labute approximate surface area is 102 Å². The number of carbonyl (C=O) groups is 1. The molecule has 0 saturated heterocycles. The van der Waals surface area contributed by atoms with Gasteiger partial charge in [0.2, 0.25) is 0 Å². The monoisotopic (exact) mass is 351 g/mol. The van der Waals surface area contributed by atoms with Crippen molar-refractivity contribution in [2.24, 2.45) is 0 Å². The maximum Gasteiger partial charge on any atom is 0.271 e. The molecule has 76 valence electrons. The van der Waals surface area contributed by atoms with Gasteiger partial charge >= 0.3 is 0 Å². The van der Waals surface area contributed by atoms with Gasteiger partial charge < -0.3 is 0 Å². The largest absolute Gasteiger partial charge is 0.274 e. The maximum absolute atomic E-state index is 12.4. The number of hydrogen-bond acceptors (Lipinski definition) is 2. The Hall–Kier alpha value is -0.0100. The molecule has 1 aromatic heterocycles. The average Bonchev–Trinajstić information content (AvgIpc) is 2.08. The predicted octanol–water partition coefficient (Wildman–Crippen LogP) is 3.66. The van der Waals surface area contributed by atoms with Crippen molar-refractivity contribution in [3.05, 3.63) is 26.0 Å². The van der Waals surface area contributed by atoms with E-state index in [1.54, 1.807) is 22.6 Å². The summed E-state index contributed by atoms with van der Waals surface area (Å²) in [5, 5.41) is -0.947. The van der Waals surface area contributed by atoms with Crippen molar-refractivity contribution in [3.8, 4) is 0 Å². The highest BCUT2D eigenvalue weighted by molar-refractivity contribution is 14.1. The molecule has 1 aromatic rings. The third-order valence-electron chi connectivity index (χ3n) is 1.38. The van der Waals surface area contributed by atoms with Crippen LogP contribution in [-0.4, -0.2) is 10.2 Å². The molecule has 0 fully saturated rings. The van der Waals surface area contributed by atoms with Gasteiger partial charge in [0.25, 0.3) is 11.7 Å². The summed E-state index contributed by atoms with van der Waals surface area (Å²) in [5.74, 6) is 0. The van der Waals surface area contributed by atoms with E-state index in [-0.39, 0.29) is 8.72 Å². The zero-order valence-electron chi connectivity index (χ0n) is 6.40. The standard InChI is InChI=1S/C7H2Cl2F2INO/c8-3-1-2(6(10)11)4(5(9)14)13-7(3)12/h1,6H. The average molecular weight is 352 g/mol. The van der Waals surface area contributed by atoms with Crippen molar-refractivity contribution in [1.82, 2.24) is 4.98 Å². The Morgan fingerprint density at radius 3 is 2.57 bits per heavy atom. The van der Waals surface area contributed by atoms with Gasteiger partial charge in [-0.3, -0.25) is 4.79 Å². The van der Waals surface area contributed by atoms with Gasteiger partial charge in [0.1, 0.15) is 9.39 Å². The lowest BCUT2D eigenvalue weighted by Crippen LogP contribution is -2.04. The molecule has 0 aliphatic rings. The van der Waals surface area contributed by atoms with Crippen LogP contribution in [0.2, 0.25) is 5.02 Å². The van der Waals surface area contributed by atoms with Gasteiger partial charge in [-0.1, -0.05) is 11.6 Å². The summed E-state index contributed by atoms with van der Waals surface area (Å²) in [6, 6.07) is 0.997. The quantitative estimate of drug-likeness (QED) is 0.462. The highest BCUT2D eigenvalue weighted by Crippen LogP contribution is 2.28. The topological polar surface area (TPSA) is 30.0 Å². The second kappa shape index (κ2) is 4.67. The second-order valence-electron chi connectivity index (χ2n) is 2.27. The van der Waals surface area contributed by atoms with Crippen molar-refractivity contribution < 1.29 is 13.6 Å². The summed E-state index contributed by atoms with van der Waals surface area (Å²) in [4.78, 5) is 14.3. The molecule has 0 atom stereocenters. The highest BCUT2D eigenvalue weighted by atomic mass is 127. The van der Waals surface area contributed by atoms with E-state index in [0.29, 0.717) is 0 Å². The lowest BCUT2D eigenvalue weighted by molar-refractivity contribution is 0.106. The highest BCUT2D eigenvalue weighted by Gasteiger charge is 2.20. The van der Waals surface area contributed by atoms with Gasteiger partial charge in [0, 0.05) is 5.56 Å². The fourth-order valence-corrected chi connectivity index (χ4v) is 1.51. The third kappa shape index (κ3) is 2.52. The van der Waals surface area contributed by atoms with Crippen molar-refractivity contribution in [3.63, 3.8) is 0 Å². The number of halogens is 5. The van der Waals surface area contributed by atoms with Gasteiger partial charge in [0.15, 0.2) is 0 Å². The van der Waals surface area contributed by atoms with Gasteiger partial charge in [0.05, 0.1) is 5.02 Å². The predicted molar refractivity (Wildman–Crippen MR) is 57.1 cm³/mol. The SMILES string of the molecule is O=C(Cl)c1nc(I)c(Cl)cc1C(F)F. The number of nitrogens with zero attached hydrogens (tertiary/aromatic N) is 1. The molecule has 0 saturated carbocycles. The molecular formula is C7H2Cl2F2INO. The van der Waals surface area contributed by atoms with Crippen LogP contribution in [0.5, 0.6) is 0 Å². The lowest BCUT2D eigenvalue weighted by Gasteiger charge is -2.05. The van der Waals surface area contributed by atoms with E-state index in [1.807, 2.05) is 0 Å². The lowest BCUT2D eigenvalue weighted by atomic mass is 10.2. The molecular weight excluding hydrogens is 350 g/mol.